The standard InChI is InChI=1S/C21H23F3N4O/c1-13-7-9-28(10-8-14(2)22)12-15(13)19-11-18(26-27(19)3)21(29)25-20-16(23)5-4-6-17(20)24/h4-6,11H,2,7-10,12H2,1,3H3,(H,25,29). The van der Waals surface area contributed by atoms with E-state index in [4.69, 9.17) is 0 Å². The second kappa shape index (κ2) is 8.65. The maximum atomic E-state index is 13.8. The van der Waals surface area contributed by atoms with Crippen LogP contribution in [0.4, 0.5) is 18.9 Å². The van der Waals surface area contributed by atoms with Crippen LogP contribution in [0.25, 0.3) is 5.57 Å². The Morgan fingerprint density at radius 1 is 1.31 bits per heavy atom. The normalized spacial score (nSPS) is 14.9. The number of carbonyl (C=O) groups is 1. The Morgan fingerprint density at radius 3 is 2.66 bits per heavy atom. The van der Waals surface area contributed by atoms with Crippen molar-refractivity contribution in [2.24, 2.45) is 7.05 Å². The minimum atomic E-state index is -0.856. The Morgan fingerprint density at radius 2 is 2.00 bits per heavy atom. The van der Waals surface area contributed by atoms with Gasteiger partial charge >= 0.3 is 0 Å². The predicted octanol–water partition coefficient (Wildman–Crippen LogP) is 4.30. The molecule has 0 aliphatic carbocycles. The average molecular weight is 404 g/mol. The molecule has 1 aliphatic heterocycles. The van der Waals surface area contributed by atoms with Crippen LogP contribution in [0.5, 0.6) is 0 Å². The van der Waals surface area contributed by atoms with E-state index >= 15 is 0 Å². The van der Waals surface area contributed by atoms with Gasteiger partial charge in [-0.25, -0.2) is 13.2 Å². The van der Waals surface area contributed by atoms with Gasteiger partial charge in [0.15, 0.2) is 5.69 Å². The third-order valence-corrected chi connectivity index (χ3v) is 5.02. The van der Waals surface area contributed by atoms with Crippen LogP contribution in [0.2, 0.25) is 0 Å². The van der Waals surface area contributed by atoms with Crippen LogP contribution in [0.15, 0.2) is 42.2 Å². The van der Waals surface area contributed by atoms with Crippen LogP contribution in [0, 0.1) is 11.6 Å². The van der Waals surface area contributed by atoms with Crippen LogP contribution >= 0.6 is 0 Å². The second-order valence-corrected chi connectivity index (χ2v) is 7.14. The minimum absolute atomic E-state index is 0.0553. The van der Waals surface area contributed by atoms with Gasteiger partial charge in [0, 0.05) is 33.1 Å². The Hall–Kier alpha value is -2.87. The summed E-state index contributed by atoms with van der Waals surface area (Å²) in [7, 11) is 1.71. The minimum Gasteiger partial charge on any atom is -0.316 e. The van der Waals surface area contributed by atoms with Crippen molar-refractivity contribution in [3.8, 4) is 0 Å². The van der Waals surface area contributed by atoms with Gasteiger partial charge in [0.25, 0.3) is 5.91 Å². The zero-order valence-corrected chi connectivity index (χ0v) is 16.4. The first-order valence-electron chi connectivity index (χ1n) is 9.30. The molecule has 2 aromatic rings. The predicted molar refractivity (Wildman–Crippen MR) is 106 cm³/mol. The second-order valence-electron chi connectivity index (χ2n) is 7.14. The van der Waals surface area contributed by atoms with Crippen molar-refractivity contribution in [1.29, 1.82) is 0 Å². The fourth-order valence-electron chi connectivity index (χ4n) is 3.34. The SMILES string of the molecule is C=C(F)CCN1CCC(C)=C(c2cc(C(=O)Nc3c(F)cccc3F)nn2C)C1. The van der Waals surface area contributed by atoms with Gasteiger partial charge in [-0.1, -0.05) is 18.2 Å². The molecule has 0 fully saturated rings. The number of aryl methyl sites for hydroxylation is 1. The molecule has 0 bridgehead atoms. The molecule has 8 heteroatoms. The highest BCUT2D eigenvalue weighted by Crippen LogP contribution is 2.27. The van der Waals surface area contributed by atoms with Gasteiger partial charge in [0.2, 0.25) is 0 Å². The number of hydrogen-bond acceptors (Lipinski definition) is 3. The molecule has 3 rings (SSSR count). The van der Waals surface area contributed by atoms with Crippen molar-refractivity contribution in [1.82, 2.24) is 14.7 Å². The summed E-state index contributed by atoms with van der Waals surface area (Å²) < 4.78 is 42.2. The lowest BCUT2D eigenvalue weighted by molar-refractivity contribution is 0.102. The van der Waals surface area contributed by atoms with Crippen molar-refractivity contribution in [2.45, 2.75) is 19.8 Å². The topological polar surface area (TPSA) is 50.2 Å². The van der Waals surface area contributed by atoms with Gasteiger partial charge in [-0.05, 0) is 37.1 Å². The van der Waals surface area contributed by atoms with Crippen molar-refractivity contribution in [2.75, 3.05) is 25.0 Å². The lowest BCUT2D eigenvalue weighted by atomic mass is 9.98. The van der Waals surface area contributed by atoms with Crippen LogP contribution in [0.1, 0.15) is 35.9 Å². The molecule has 2 heterocycles. The third-order valence-electron chi connectivity index (χ3n) is 5.02. The smallest absolute Gasteiger partial charge is 0.276 e. The van der Waals surface area contributed by atoms with E-state index in [-0.39, 0.29) is 17.9 Å². The van der Waals surface area contributed by atoms with Gasteiger partial charge in [-0.3, -0.25) is 14.4 Å². The van der Waals surface area contributed by atoms with Crippen molar-refractivity contribution in [3.63, 3.8) is 0 Å². The highest BCUT2D eigenvalue weighted by atomic mass is 19.1. The molecule has 0 saturated carbocycles. The highest BCUT2D eigenvalue weighted by Gasteiger charge is 2.23. The average Bonchev–Trinajstić information content (AvgIpc) is 3.05. The third kappa shape index (κ3) is 4.76. The fourth-order valence-corrected chi connectivity index (χ4v) is 3.34. The Balaban J connectivity index is 1.80. The summed E-state index contributed by atoms with van der Waals surface area (Å²) in [6.07, 6.45) is 1.10. The molecule has 0 saturated heterocycles. The number of para-hydroxylation sites is 1. The molecule has 1 N–H and O–H groups in total. The summed E-state index contributed by atoms with van der Waals surface area (Å²) in [5.74, 6) is -2.76. The van der Waals surface area contributed by atoms with E-state index in [0.29, 0.717) is 13.1 Å². The molecule has 0 atom stereocenters. The van der Waals surface area contributed by atoms with Crippen LogP contribution in [-0.2, 0) is 7.05 Å². The summed E-state index contributed by atoms with van der Waals surface area (Å²) in [4.78, 5) is 14.6. The van der Waals surface area contributed by atoms with Gasteiger partial charge in [0.1, 0.15) is 17.3 Å². The zero-order valence-electron chi connectivity index (χ0n) is 16.4. The monoisotopic (exact) mass is 404 g/mol. The lowest BCUT2D eigenvalue weighted by Crippen LogP contribution is -2.32. The number of halogens is 3. The molecule has 29 heavy (non-hydrogen) atoms. The first kappa shape index (κ1) is 20.9. The molecule has 1 aromatic heterocycles. The molecular weight excluding hydrogens is 381 g/mol. The number of amides is 1. The van der Waals surface area contributed by atoms with Gasteiger partial charge in [0.05, 0.1) is 11.5 Å². The van der Waals surface area contributed by atoms with E-state index in [9.17, 15) is 18.0 Å². The van der Waals surface area contributed by atoms with E-state index in [1.165, 1.54) is 6.07 Å². The Kier molecular flexibility index (Phi) is 6.22. The molecule has 0 spiro atoms. The molecule has 0 radical (unpaired) electrons. The quantitative estimate of drug-likeness (QED) is 0.781. The van der Waals surface area contributed by atoms with Crippen LogP contribution < -0.4 is 5.32 Å². The van der Waals surface area contributed by atoms with E-state index in [1.807, 2.05) is 6.92 Å². The lowest BCUT2D eigenvalue weighted by Gasteiger charge is -2.29. The maximum absolute atomic E-state index is 13.8. The van der Waals surface area contributed by atoms with E-state index in [2.05, 4.69) is 21.9 Å². The summed E-state index contributed by atoms with van der Waals surface area (Å²) in [5, 5.41) is 6.46. The van der Waals surface area contributed by atoms with Crippen LogP contribution in [-0.4, -0.2) is 40.2 Å². The van der Waals surface area contributed by atoms with Crippen molar-refractivity contribution >= 4 is 17.2 Å². The summed E-state index contributed by atoms with van der Waals surface area (Å²) in [6.45, 7) is 7.29. The first-order valence-corrected chi connectivity index (χ1v) is 9.30. The number of nitrogens with zero attached hydrogens (tertiary/aromatic N) is 3. The largest absolute Gasteiger partial charge is 0.316 e. The Bertz CT molecular complexity index is 960. The summed E-state index contributed by atoms with van der Waals surface area (Å²) >= 11 is 0. The van der Waals surface area contributed by atoms with Crippen LogP contribution in [0.3, 0.4) is 0 Å². The fraction of sp³-hybridized carbons (Fsp3) is 0.333. The molecular formula is C21H23F3N4O. The maximum Gasteiger partial charge on any atom is 0.276 e. The molecule has 1 aromatic carbocycles. The van der Waals surface area contributed by atoms with Gasteiger partial charge < -0.3 is 5.32 Å². The zero-order chi connectivity index (χ0) is 21.1. The van der Waals surface area contributed by atoms with E-state index < -0.39 is 23.2 Å². The molecule has 1 aliphatic rings. The molecule has 1 amide bonds. The Labute approximate surface area is 167 Å². The number of nitrogens with one attached hydrogen (secondary N) is 1. The first-order chi connectivity index (χ1) is 13.8. The molecule has 154 valence electrons. The van der Waals surface area contributed by atoms with E-state index in [0.717, 1.165) is 41.9 Å². The molecule has 0 unspecified atom stereocenters. The number of aromatic nitrogens is 2. The number of carbonyl (C=O) groups excluding carboxylic acids is 1. The van der Waals surface area contributed by atoms with Gasteiger partial charge in [-0.2, -0.15) is 5.10 Å². The summed E-state index contributed by atoms with van der Waals surface area (Å²) in [6, 6.07) is 4.96. The molecule has 5 nitrogen and oxygen atoms in total. The van der Waals surface area contributed by atoms with Crippen molar-refractivity contribution in [3.05, 3.63) is 65.3 Å². The number of hydrogen-bond donors (Lipinski definition) is 1. The highest BCUT2D eigenvalue weighted by molar-refractivity contribution is 6.03. The van der Waals surface area contributed by atoms with Crippen molar-refractivity contribution < 1.29 is 18.0 Å². The number of benzene rings is 1. The van der Waals surface area contributed by atoms with E-state index in [1.54, 1.807) is 17.8 Å². The van der Waals surface area contributed by atoms with Gasteiger partial charge in [-0.15, -0.1) is 0 Å². The summed E-state index contributed by atoms with van der Waals surface area (Å²) in [5.41, 5.74) is 2.46. The number of anilines is 1. The number of rotatable bonds is 6.